The van der Waals surface area contributed by atoms with Gasteiger partial charge in [0.25, 0.3) is 0 Å². The van der Waals surface area contributed by atoms with Crippen LogP contribution in [0.2, 0.25) is 5.02 Å². The highest BCUT2D eigenvalue weighted by atomic mass is 35.5. The standard InChI is InChI=1S/C21H16ClN3O3S/c22-14-9-11-15(12-10-14)29(27,28)13-20(26)23-17-6-2-1-5-16(17)21-24-18-7-3-4-8-19(18)25-21/h1-12H,13H2,(H,23,26)(H,24,25). The molecule has 0 bridgehead atoms. The van der Waals surface area contributed by atoms with Gasteiger partial charge in [0, 0.05) is 10.6 Å². The summed E-state index contributed by atoms with van der Waals surface area (Å²) in [7, 11) is -3.79. The van der Waals surface area contributed by atoms with Gasteiger partial charge in [0.2, 0.25) is 5.91 Å². The van der Waals surface area contributed by atoms with E-state index >= 15 is 0 Å². The molecule has 0 aliphatic heterocycles. The number of nitrogens with one attached hydrogen (secondary N) is 2. The summed E-state index contributed by atoms with van der Waals surface area (Å²) in [6.45, 7) is 0. The number of fused-ring (bicyclic) bond motifs is 1. The highest BCUT2D eigenvalue weighted by molar-refractivity contribution is 7.92. The van der Waals surface area contributed by atoms with Crippen LogP contribution in [0.25, 0.3) is 22.4 Å². The smallest absolute Gasteiger partial charge is 0.239 e. The van der Waals surface area contributed by atoms with Crippen molar-refractivity contribution in [3.05, 3.63) is 77.8 Å². The van der Waals surface area contributed by atoms with Crippen LogP contribution in [-0.4, -0.2) is 30.0 Å². The van der Waals surface area contributed by atoms with Gasteiger partial charge in [-0.05, 0) is 48.5 Å². The molecule has 3 aromatic carbocycles. The summed E-state index contributed by atoms with van der Waals surface area (Å²) in [6, 6.07) is 20.4. The van der Waals surface area contributed by atoms with Gasteiger partial charge in [-0.15, -0.1) is 0 Å². The molecular weight excluding hydrogens is 410 g/mol. The Labute approximate surface area is 172 Å². The molecule has 1 heterocycles. The second kappa shape index (κ2) is 7.69. The molecule has 1 aromatic heterocycles. The molecule has 29 heavy (non-hydrogen) atoms. The minimum atomic E-state index is -3.79. The predicted octanol–water partition coefficient (Wildman–Crippen LogP) is 4.30. The Morgan fingerprint density at radius 2 is 1.66 bits per heavy atom. The number of nitrogens with zero attached hydrogens (tertiary/aromatic N) is 1. The molecule has 0 atom stereocenters. The van der Waals surface area contributed by atoms with Crippen LogP contribution in [0.4, 0.5) is 5.69 Å². The van der Waals surface area contributed by atoms with E-state index in [1.165, 1.54) is 24.3 Å². The third kappa shape index (κ3) is 4.16. The molecule has 146 valence electrons. The van der Waals surface area contributed by atoms with Crippen molar-refractivity contribution in [3.8, 4) is 11.4 Å². The number of sulfone groups is 1. The van der Waals surface area contributed by atoms with Crippen molar-refractivity contribution in [2.45, 2.75) is 4.90 Å². The van der Waals surface area contributed by atoms with Crippen LogP contribution in [0.5, 0.6) is 0 Å². The quantitative estimate of drug-likeness (QED) is 0.498. The molecule has 1 amide bonds. The number of aromatic nitrogens is 2. The van der Waals surface area contributed by atoms with Crippen molar-refractivity contribution >= 4 is 44.1 Å². The van der Waals surface area contributed by atoms with E-state index < -0.39 is 21.5 Å². The number of rotatable bonds is 5. The van der Waals surface area contributed by atoms with Gasteiger partial charge in [-0.3, -0.25) is 4.79 Å². The highest BCUT2D eigenvalue weighted by Crippen LogP contribution is 2.27. The molecule has 6 nitrogen and oxygen atoms in total. The number of carbonyl (C=O) groups excluding carboxylic acids is 1. The molecule has 0 spiro atoms. The van der Waals surface area contributed by atoms with Gasteiger partial charge < -0.3 is 10.3 Å². The summed E-state index contributed by atoms with van der Waals surface area (Å²) in [4.78, 5) is 20.3. The van der Waals surface area contributed by atoms with Gasteiger partial charge in [0.1, 0.15) is 11.6 Å². The van der Waals surface area contributed by atoms with Crippen molar-refractivity contribution in [1.82, 2.24) is 9.97 Å². The zero-order valence-corrected chi connectivity index (χ0v) is 16.7. The number of aromatic amines is 1. The predicted molar refractivity (Wildman–Crippen MR) is 114 cm³/mol. The monoisotopic (exact) mass is 425 g/mol. The summed E-state index contributed by atoms with van der Waals surface area (Å²) in [6.07, 6.45) is 0. The number of anilines is 1. The third-order valence-electron chi connectivity index (χ3n) is 4.34. The second-order valence-electron chi connectivity index (χ2n) is 6.41. The lowest BCUT2D eigenvalue weighted by atomic mass is 10.1. The average molecular weight is 426 g/mol. The lowest BCUT2D eigenvalue weighted by Crippen LogP contribution is -2.23. The number of carbonyl (C=O) groups is 1. The molecule has 0 fully saturated rings. The molecule has 0 radical (unpaired) electrons. The van der Waals surface area contributed by atoms with Gasteiger partial charge in [0.15, 0.2) is 9.84 Å². The van der Waals surface area contributed by atoms with Crippen molar-refractivity contribution in [1.29, 1.82) is 0 Å². The summed E-state index contributed by atoms with van der Waals surface area (Å²) < 4.78 is 25.0. The topological polar surface area (TPSA) is 91.9 Å². The lowest BCUT2D eigenvalue weighted by molar-refractivity contribution is -0.113. The van der Waals surface area contributed by atoms with Gasteiger partial charge in [-0.25, -0.2) is 13.4 Å². The normalized spacial score (nSPS) is 11.5. The minimum absolute atomic E-state index is 0.0441. The van der Waals surface area contributed by atoms with Crippen molar-refractivity contribution in [2.24, 2.45) is 0 Å². The van der Waals surface area contributed by atoms with Crippen LogP contribution >= 0.6 is 11.6 Å². The Kier molecular flexibility index (Phi) is 5.08. The second-order valence-corrected chi connectivity index (χ2v) is 8.84. The third-order valence-corrected chi connectivity index (χ3v) is 6.22. The largest absolute Gasteiger partial charge is 0.338 e. The number of hydrogen-bond acceptors (Lipinski definition) is 4. The first-order valence-electron chi connectivity index (χ1n) is 8.75. The van der Waals surface area contributed by atoms with E-state index in [0.717, 1.165) is 11.0 Å². The number of hydrogen-bond donors (Lipinski definition) is 2. The van der Waals surface area contributed by atoms with Gasteiger partial charge in [0.05, 0.1) is 21.6 Å². The first-order chi connectivity index (χ1) is 13.9. The molecular formula is C21H16ClN3O3S. The Morgan fingerprint density at radius 3 is 2.41 bits per heavy atom. The van der Waals surface area contributed by atoms with Crippen LogP contribution < -0.4 is 5.32 Å². The maximum atomic E-state index is 12.5. The Hall–Kier alpha value is -3.16. The molecule has 0 aliphatic rings. The molecule has 8 heteroatoms. The minimum Gasteiger partial charge on any atom is -0.338 e. The maximum absolute atomic E-state index is 12.5. The highest BCUT2D eigenvalue weighted by Gasteiger charge is 2.20. The van der Waals surface area contributed by atoms with Crippen LogP contribution in [0.15, 0.2) is 77.7 Å². The zero-order valence-electron chi connectivity index (χ0n) is 15.1. The first-order valence-corrected chi connectivity index (χ1v) is 10.8. The number of H-pyrrole nitrogens is 1. The number of para-hydroxylation sites is 3. The van der Waals surface area contributed by atoms with E-state index in [4.69, 9.17) is 11.6 Å². The summed E-state index contributed by atoms with van der Waals surface area (Å²) >= 11 is 5.80. The zero-order chi connectivity index (χ0) is 20.4. The van der Waals surface area contributed by atoms with Crippen molar-refractivity contribution in [2.75, 3.05) is 11.1 Å². The van der Waals surface area contributed by atoms with Crippen LogP contribution in [0.3, 0.4) is 0 Å². The summed E-state index contributed by atoms with van der Waals surface area (Å²) in [5.41, 5.74) is 2.81. The molecule has 0 saturated carbocycles. The van der Waals surface area contributed by atoms with Crippen LogP contribution in [-0.2, 0) is 14.6 Å². The van der Waals surface area contributed by atoms with E-state index in [1.54, 1.807) is 18.2 Å². The molecule has 4 rings (SSSR count). The number of amides is 1. The maximum Gasteiger partial charge on any atom is 0.239 e. The lowest BCUT2D eigenvalue weighted by Gasteiger charge is -2.10. The fraction of sp³-hybridized carbons (Fsp3) is 0.0476. The van der Waals surface area contributed by atoms with Gasteiger partial charge in [-0.2, -0.15) is 0 Å². The van der Waals surface area contributed by atoms with Gasteiger partial charge >= 0.3 is 0 Å². The Morgan fingerprint density at radius 1 is 0.966 bits per heavy atom. The van der Waals surface area contributed by atoms with Crippen molar-refractivity contribution in [3.63, 3.8) is 0 Å². The fourth-order valence-corrected chi connectivity index (χ4v) is 4.22. The van der Waals surface area contributed by atoms with E-state index in [2.05, 4.69) is 15.3 Å². The number of benzene rings is 3. The van der Waals surface area contributed by atoms with E-state index in [0.29, 0.717) is 22.1 Å². The molecule has 2 N–H and O–H groups in total. The fourth-order valence-electron chi connectivity index (χ4n) is 2.96. The summed E-state index contributed by atoms with van der Waals surface area (Å²) in [5.74, 6) is -0.727. The molecule has 0 aliphatic carbocycles. The Bertz CT molecular complexity index is 1270. The van der Waals surface area contributed by atoms with E-state index in [1.807, 2.05) is 30.3 Å². The molecule has 0 unspecified atom stereocenters. The van der Waals surface area contributed by atoms with Crippen LogP contribution in [0.1, 0.15) is 0 Å². The Balaban J connectivity index is 1.58. The SMILES string of the molecule is O=C(CS(=O)(=O)c1ccc(Cl)cc1)Nc1ccccc1-c1nc2ccccc2[nH]1. The first kappa shape index (κ1) is 19.2. The average Bonchev–Trinajstić information content (AvgIpc) is 3.12. The molecule has 0 saturated heterocycles. The summed E-state index contributed by atoms with van der Waals surface area (Å²) in [5, 5.41) is 3.11. The van der Waals surface area contributed by atoms with E-state index in [9.17, 15) is 13.2 Å². The van der Waals surface area contributed by atoms with Crippen molar-refractivity contribution < 1.29 is 13.2 Å². The number of imidazole rings is 1. The van der Waals surface area contributed by atoms with Gasteiger partial charge in [-0.1, -0.05) is 35.9 Å². The van der Waals surface area contributed by atoms with E-state index in [-0.39, 0.29) is 4.90 Å². The van der Waals surface area contributed by atoms with Crippen LogP contribution in [0, 0.1) is 0 Å². The molecule has 4 aromatic rings. The number of halogens is 1.